The van der Waals surface area contributed by atoms with E-state index in [0.29, 0.717) is 30.5 Å². The number of pyridine rings is 1. The summed E-state index contributed by atoms with van der Waals surface area (Å²) < 4.78 is 17.6. The minimum absolute atomic E-state index is 0.120. The fourth-order valence-corrected chi connectivity index (χ4v) is 3.45. The number of aromatic nitrogens is 1. The molecule has 0 bridgehead atoms. The fraction of sp³-hybridized carbons (Fsp3) is 0.280. The number of methoxy groups -OCH3 is 1. The summed E-state index contributed by atoms with van der Waals surface area (Å²) in [5.41, 5.74) is 2.88. The first kappa shape index (κ1) is 24.5. The van der Waals surface area contributed by atoms with Gasteiger partial charge in [-0.15, -0.1) is 0 Å². The van der Waals surface area contributed by atoms with E-state index in [-0.39, 0.29) is 12.5 Å². The normalized spacial score (nSPS) is 10.5. The van der Waals surface area contributed by atoms with Gasteiger partial charge < -0.3 is 24.8 Å². The Kier molecular flexibility index (Phi) is 9.53. The van der Waals surface area contributed by atoms with Crippen molar-refractivity contribution in [1.29, 1.82) is 0 Å². The van der Waals surface area contributed by atoms with E-state index in [0.717, 1.165) is 34.3 Å². The quantitative estimate of drug-likeness (QED) is 0.340. The minimum atomic E-state index is -0.240. The third-order valence-corrected chi connectivity index (χ3v) is 5.47. The smallest absolute Gasteiger partial charge is 0.262 e. The molecule has 0 spiro atoms. The average molecular weight is 514 g/mol. The van der Waals surface area contributed by atoms with E-state index in [1.54, 1.807) is 13.3 Å². The molecule has 2 aromatic carbocycles. The van der Waals surface area contributed by atoms with Crippen LogP contribution in [0.2, 0.25) is 0 Å². The second-order valence-electron chi connectivity index (χ2n) is 7.34. The van der Waals surface area contributed by atoms with Gasteiger partial charge in [0, 0.05) is 29.0 Å². The van der Waals surface area contributed by atoms with Crippen molar-refractivity contribution < 1.29 is 19.0 Å². The summed E-state index contributed by atoms with van der Waals surface area (Å²) in [6.07, 6.45) is 2.56. The van der Waals surface area contributed by atoms with Crippen LogP contribution >= 0.6 is 15.9 Å². The van der Waals surface area contributed by atoms with Crippen LogP contribution in [0.1, 0.15) is 17.5 Å². The lowest BCUT2D eigenvalue weighted by Crippen LogP contribution is -2.20. The van der Waals surface area contributed by atoms with Crippen molar-refractivity contribution in [1.82, 2.24) is 10.3 Å². The van der Waals surface area contributed by atoms with Crippen molar-refractivity contribution >= 4 is 27.5 Å². The number of nitrogens with one attached hydrogen (secondary N) is 2. The number of rotatable bonds is 12. The summed E-state index contributed by atoms with van der Waals surface area (Å²) in [7, 11) is 1.58. The van der Waals surface area contributed by atoms with Gasteiger partial charge in [-0.3, -0.25) is 4.79 Å². The van der Waals surface area contributed by atoms with Gasteiger partial charge in [-0.05, 0) is 55.8 Å². The Hall–Kier alpha value is -3.10. The topological polar surface area (TPSA) is 81.7 Å². The molecule has 0 aliphatic rings. The molecule has 174 valence electrons. The van der Waals surface area contributed by atoms with Crippen molar-refractivity contribution in [2.45, 2.75) is 19.9 Å². The van der Waals surface area contributed by atoms with Gasteiger partial charge in [0.05, 0.1) is 13.7 Å². The first-order chi connectivity index (χ1) is 16.0. The first-order valence-electron chi connectivity index (χ1n) is 10.7. The van der Waals surface area contributed by atoms with E-state index >= 15 is 0 Å². The van der Waals surface area contributed by atoms with Crippen LogP contribution in [0.25, 0.3) is 0 Å². The fourth-order valence-electron chi connectivity index (χ4n) is 2.99. The van der Waals surface area contributed by atoms with Gasteiger partial charge in [-0.1, -0.05) is 39.7 Å². The van der Waals surface area contributed by atoms with Gasteiger partial charge in [-0.2, -0.15) is 0 Å². The molecule has 1 aromatic heterocycles. The molecule has 0 saturated heterocycles. The molecule has 0 saturated carbocycles. The summed E-state index contributed by atoms with van der Waals surface area (Å²) in [6, 6.07) is 16.9. The second-order valence-corrected chi connectivity index (χ2v) is 8.20. The molecule has 0 radical (unpaired) electrons. The zero-order valence-corrected chi connectivity index (χ0v) is 20.4. The highest BCUT2D eigenvalue weighted by atomic mass is 79.9. The number of halogens is 1. The number of benzene rings is 2. The molecular formula is C25H28BrN3O4. The van der Waals surface area contributed by atoms with Crippen LogP contribution in [0.3, 0.4) is 0 Å². The number of hydrogen-bond donors (Lipinski definition) is 2. The Morgan fingerprint density at radius 1 is 1.06 bits per heavy atom. The number of ether oxygens (including phenoxy) is 3. The van der Waals surface area contributed by atoms with E-state index in [4.69, 9.17) is 14.2 Å². The predicted molar refractivity (Wildman–Crippen MR) is 132 cm³/mol. The van der Waals surface area contributed by atoms with Crippen LogP contribution in [0.15, 0.2) is 65.3 Å². The minimum Gasteiger partial charge on any atom is -0.493 e. The van der Waals surface area contributed by atoms with E-state index in [1.165, 1.54) is 0 Å². The summed E-state index contributed by atoms with van der Waals surface area (Å²) in [5, 5.41) is 6.21. The lowest BCUT2D eigenvalue weighted by Gasteiger charge is -2.14. The lowest BCUT2D eigenvalue weighted by atomic mass is 10.2. The van der Waals surface area contributed by atoms with Gasteiger partial charge in [0.2, 0.25) is 5.88 Å². The Morgan fingerprint density at radius 2 is 1.88 bits per heavy atom. The third-order valence-electron chi connectivity index (χ3n) is 4.73. The standard InChI is InChI=1S/C25H28BrN3O4/c1-18-7-9-20(10-8-18)29-24(30)17-33-23-15-21(26)19(14-22(23)31-2)16-27-11-5-13-32-25-6-3-4-12-28-25/h3-4,6-10,12,14-15,27H,5,11,13,16-17H2,1-2H3,(H,29,30). The van der Waals surface area contributed by atoms with Crippen LogP contribution < -0.4 is 24.8 Å². The van der Waals surface area contributed by atoms with Crippen molar-refractivity contribution in [3.63, 3.8) is 0 Å². The molecule has 3 aromatic rings. The number of carbonyl (C=O) groups is 1. The Morgan fingerprint density at radius 3 is 2.61 bits per heavy atom. The summed E-state index contributed by atoms with van der Waals surface area (Å²) in [4.78, 5) is 16.4. The molecule has 0 aliphatic heterocycles. The Balaban J connectivity index is 1.45. The number of nitrogens with zero attached hydrogens (tertiary/aromatic N) is 1. The predicted octanol–water partition coefficient (Wildman–Crippen LogP) is 4.74. The summed E-state index contributed by atoms with van der Waals surface area (Å²) in [5.74, 6) is 1.45. The Labute approximate surface area is 202 Å². The molecule has 2 N–H and O–H groups in total. The molecule has 0 aliphatic carbocycles. The number of anilines is 1. The van der Waals surface area contributed by atoms with Gasteiger partial charge in [0.15, 0.2) is 18.1 Å². The van der Waals surface area contributed by atoms with Crippen LogP contribution in [-0.4, -0.2) is 37.8 Å². The highest BCUT2D eigenvalue weighted by Crippen LogP contribution is 2.33. The molecule has 8 heteroatoms. The van der Waals surface area contributed by atoms with Crippen LogP contribution in [-0.2, 0) is 11.3 Å². The van der Waals surface area contributed by atoms with Crippen molar-refractivity contribution in [2.24, 2.45) is 0 Å². The van der Waals surface area contributed by atoms with Crippen molar-refractivity contribution in [3.05, 3.63) is 76.4 Å². The number of carbonyl (C=O) groups excluding carboxylic acids is 1. The highest BCUT2D eigenvalue weighted by molar-refractivity contribution is 9.10. The number of aryl methyl sites for hydroxylation is 1. The molecule has 1 amide bonds. The van der Waals surface area contributed by atoms with Crippen molar-refractivity contribution in [3.8, 4) is 17.4 Å². The van der Waals surface area contributed by atoms with Crippen LogP contribution in [0, 0.1) is 6.92 Å². The van der Waals surface area contributed by atoms with E-state index in [1.807, 2.05) is 61.5 Å². The van der Waals surface area contributed by atoms with E-state index < -0.39 is 0 Å². The second kappa shape index (κ2) is 12.8. The first-order valence-corrected chi connectivity index (χ1v) is 11.4. The molecule has 0 unspecified atom stereocenters. The highest BCUT2D eigenvalue weighted by Gasteiger charge is 2.12. The van der Waals surface area contributed by atoms with Crippen LogP contribution in [0.5, 0.6) is 17.4 Å². The maximum Gasteiger partial charge on any atom is 0.262 e. The lowest BCUT2D eigenvalue weighted by molar-refractivity contribution is -0.118. The monoisotopic (exact) mass is 513 g/mol. The zero-order valence-electron chi connectivity index (χ0n) is 18.8. The molecule has 3 rings (SSSR count). The summed E-state index contributed by atoms with van der Waals surface area (Å²) >= 11 is 3.58. The molecule has 7 nitrogen and oxygen atoms in total. The van der Waals surface area contributed by atoms with E-state index in [9.17, 15) is 4.79 Å². The van der Waals surface area contributed by atoms with E-state index in [2.05, 4.69) is 31.5 Å². The number of hydrogen-bond acceptors (Lipinski definition) is 6. The zero-order chi connectivity index (χ0) is 23.5. The molecule has 33 heavy (non-hydrogen) atoms. The van der Waals surface area contributed by atoms with Gasteiger partial charge in [0.25, 0.3) is 5.91 Å². The largest absolute Gasteiger partial charge is 0.493 e. The molecule has 1 heterocycles. The third kappa shape index (κ3) is 8.07. The van der Waals surface area contributed by atoms with Gasteiger partial charge in [-0.25, -0.2) is 4.98 Å². The van der Waals surface area contributed by atoms with Crippen molar-refractivity contribution in [2.75, 3.05) is 32.2 Å². The summed E-state index contributed by atoms with van der Waals surface area (Å²) in [6.45, 7) is 3.90. The molecular weight excluding hydrogens is 486 g/mol. The SMILES string of the molecule is COc1cc(CNCCCOc2ccccn2)c(Br)cc1OCC(=O)Nc1ccc(C)cc1. The molecule has 0 fully saturated rings. The maximum atomic E-state index is 12.2. The van der Waals surface area contributed by atoms with Crippen LogP contribution in [0.4, 0.5) is 5.69 Å². The van der Waals surface area contributed by atoms with Gasteiger partial charge in [0.1, 0.15) is 0 Å². The van der Waals surface area contributed by atoms with Gasteiger partial charge >= 0.3 is 0 Å². The average Bonchev–Trinajstić information content (AvgIpc) is 2.83. The maximum absolute atomic E-state index is 12.2. The number of amides is 1. The Bertz CT molecular complexity index is 1030. The molecule has 0 atom stereocenters.